The van der Waals surface area contributed by atoms with Crippen molar-refractivity contribution in [2.75, 3.05) is 20.1 Å². The third kappa shape index (κ3) is 2.32. The number of likely N-dealkylation sites (N-methyl/N-ethyl adjacent to an activating group) is 1. The zero-order chi connectivity index (χ0) is 10.7. The molecule has 1 aliphatic rings. The third-order valence-electron chi connectivity index (χ3n) is 2.70. The summed E-state index contributed by atoms with van der Waals surface area (Å²) in [5.41, 5.74) is 0.469. The van der Waals surface area contributed by atoms with Gasteiger partial charge in [0.05, 0.1) is 17.9 Å². The maximum absolute atomic E-state index is 11.9. The zero-order valence-electron chi connectivity index (χ0n) is 8.64. The summed E-state index contributed by atoms with van der Waals surface area (Å²) in [7, 11) is 1.93. The molecule has 0 bridgehead atoms. The maximum atomic E-state index is 11.9. The first-order valence-corrected chi connectivity index (χ1v) is 5.78. The fourth-order valence-electron chi connectivity index (χ4n) is 1.82. The molecule has 1 N–H and O–H groups in total. The largest absolute Gasteiger partial charge is 0.336 e. The Labute approximate surface area is 92.8 Å². The average Bonchev–Trinajstić information content (AvgIpc) is 2.81. The Hall–Kier alpha value is -1.01. The standard InChI is InChI=1S/C9H14N4OS/c1-10-7-3-2-4-13(6-7)9(14)8-5-11-15-12-8/h5,7,10H,2-4,6H2,1H3. The van der Waals surface area contributed by atoms with Gasteiger partial charge in [-0.15, -0.1) is 0 Å². The fraction of sp³-hybridized carbons (Fsp3) is 0.667. The number of carbonyl (C=O) groups excluding carboxylic acids is 1. The van der Waals surface area contributed by atoms with Gasteiger partial charge in [0.25, 0.3) is 5.91 Å². The Morgan fingerprint density at radius 2 is 2.60 bits per heavy atom. The topological polar surface area (TPSA) is 58.1 Å². The van der Waals surface area contributed by atoms with Crippen molar-refractivity contribution < 1.29 is 4.79 Å². The number of rotatable bonds is 2. The molecule has 1 fully saturated rings. The second kappa shape index (κ2) is 4.67. The summed E-state index contributed by atoms with van der Waals surface area (Å²) in [6.45, 7) is 1.60. The molecular weight excluding hydrogens is 212 g/mol. The third-order valence-corrected chi connectivity index (χ3v) is 3.18. The highest BCUT2D eigenvalue weighted by Crippen LogP contribution is 2.12. The van der Waals surface area contributed by atoms with E-state index in [-0.39, 0.29) is 5.91 Å². The number of piperidine rings is 1. The van der Waals surface area contributed by atoms with Gasteiger partial charge in [0.1, 0.15) is 0 Å². The van der Waals surface area contributed by atoms with E-state index in [0.29, 0.717) is 11.7 Å². The van der Waals surface area contributed by atoms with Crippen molar-refractivity contribution in [3.05, 3.63) is 11.9 Å². The Balaban J connectivity index is 2.01. The van der Waals surface area contributed by atoms with Crippen LogP contribution in [0.2, 0.25) is 0 Å². The van der Waals surface area contributed by atoms with Gasteiger partial charge in [-0.05, 0) is 19.9 Å². The van der Waals surface area contributed by atoms with Crippen LogP contribution in [0.25, 0.3) is 0 Å². The lowest BCUT2D eigenvalue weighted by Crippen LogP contribution is -2.47. The second-order valence-electron chi connectivity index (χ2n) is 3.67. The van der Waals surface area contributed by atoms with Gasteiger partial charge in [-0.3, -0.25) is 4.79 Å². The highest BCUT2D eigenvalue weighted by atomic mass is 32.1. The Kier molecular flexibility index (Phi) is 3.27. The van der Waals surface area contributed by atoms with Crippen molar-refractivity contribution in [2.45, 2.75) is 18.9 Å². The molecule has 1 amide bonds. The zero-order valence-corrected chi connectivity index (χ0v) is 9.46. The number of likely N-dealkylation sites (tertiary alicyclic amines) is 1. The number of hydrogen-bond acceptors (Lipinski definition) is 5. The normalized spacial score (nSPS) is 21.7. The SMILES string of the molecule is CNC1CCCN(C(=O)c2cnsn2)C1. The van der Waals surface area contributed by atoms with Gasteiger partial charge in [0, 0.05) is 19.1 Å². The summed E-state index contributed by atoms with van der Waals surface area (Å²) in [6, 6.07) is 0.411. The first kappa shape index (κ1) is 10.5. The molecule has 1 aromatic heterocycles. The van der Waals surface area contributed by atoms with Gasteiger partial charge in [0.2, 0.25) is 0 Å². The van der Waals surface area contributed by atoms with Crippen LogP contribution in [0.4, 0.5) is 0 Å². The van der Waals surface area contributed by atoms with E-state index in [1.165, 1.54) is 6.20 Å². The second-order valence-corrected chi connectivity index (χ2v) is 4.23. The van der Waals surface area contributed by atoms with Crippen LogP contribution in [0.15, 0.2) is 6.20 Å². The molecule has 5 nitrogen and oxygen atoms in total. The minimum absolute atomic E-state index is 0.00343. The molecule has 2 heterocycles. The lowest BCUT2D eigenvalue weighted by atomic mass is 10.1. The quantitative estimate of drug-likeness (QED) is 0.791. The molecule has 82 valence electrons. The van der Waals surface area contributed by atoms with Crippen LogP contribution >= 0.6 is 11.7 Å². The Morgan fingerprint density at radius 1 is 1.73 bits per heavy atom. The number of hydrogen-bond donors (Lipinski definition) is 1. The number of carbonyl (C=O) groups is 1. The van der Waals surface area contributed by atoms with Gasteiger partial charge >= 0.3 is 0 Å². The predicted octanol–water partition coefficient (Wildman–Crippen LogP) is 0.362. The Bertz CT molecular complexity index is 327. The molecule has 15 heavy (non-hydrogen) atoms. The molecule has 1 unspecified atom stereocenters. The van der Waals surface area contributed by atoms with E-state index in [9.17, 15) is 4.79 Å². The molecule has 6 heteroatoms. The first-order valence-electron chi connectivity index (χ1n) is 5.05. The maximum Gasteiger partial charge on any atom is 0.275 e. The lowest BCUT2D eigenvalue weighted by molar-refractivity contribution is 0.0693. The van der Waals surface area contributed by atoms with Crippen LogP contribution in [0.3, 0.4) is 0 Å². The van der Waals surface area contributed by atoms with Crippen LogP contribution in [0.1, 0.15) is 23.3 Å². The molecule has 0 aliphatic carbocycles. The van der Waals surface area contributed by atoms with Crippen molar-refractivity contribution in [1.82, 2.24) is 19.0 Å². The molecular formula is C9H14N4OS. The van der Waals surface area contributed by atoms with Crippen LogP contribution < -0.4 is 5.32 Å². The molecule has 0 radical (unpaired) electrons. The van der Waals surface area contributed by atoms with Crippen molar-refractivity contribution in [3.8, 4) is 0 Å². The molecule has 1 atom stereocenters. The summed E-state index contributed by atoms with van der Waals surface area (Å²) in [4.78, 5) is 13.8. The van der Waals surface area contributed by atoms with Gasteiger partial charge in [-0.2, -0.15) is 8.75 Å². The average molecular weight is 226 g/mol. The van der Waals surface area contributed by atoms with Crippen LogP contribution in [0.5, 0.6) is 0 Å². The molecule has 1 aliphatic heterocycles. The van der Waals surface area contributed by atoms with Gasteiger partial charge in [-0.25, -0.2) is 0 Å². The minimum atomic E-state index is 0.00343. The number of aromatic nitrogens is 2. The van der Waals surface area contributed by atoms with E-state index in [4.69, 9.17) is 0 Å². The molecule has 1 saturated heterocycles. The molecule has 2 rings (SSSR count). The number of nitrogens with one attached hydrogen (secondary N) is 1. The summed E-state index contributed by atoms with van der Waals surface area (Å²) in [6.07, 6.45) is 3.72. The predicted molar refractivity (Wildman–Crippen MR) is 57.9 cm³/mol. The summed E-state index contributed by atoms with van der Waals surface area (Å²) in [5.74, 6) is 0.00343. The molecule has 0 saturated carbocycles. The highest BCUT2D eigenvalue weighted by Gasteiger charge is 2.24. The smallest absolute Gasteiger partial charge is 0.275 e. The van der Waals surface area contributed by atoms with Crippen LogP contribution in [-0.4, -0.2) is 45.7 Å². The van der Waals surface area contributed by atoms with E-state index < -0.39 is 0 Å². The van der Waals surface area contributed by atoms with E-state index >= 15 is 0 Å². The first-order chi connectivity index (χ1) is 7.31. The highest BCUT2D eigenvalue weighted by molar-refractivity contribution is 6.99. The van der Waals surface area contributed by atoms with E-state index in [0.717, 1.165) is 37.7 Å². The van der Waals surface area contributed by atoms with Crippen molar-refractivity contribution in [1.29, 1.82) is 0 Å². The summed E-state index contributed by atoms with van der Waals surface area (Å²) in [5, 5.41) is 3.21. The van der Waals surface area contributed by atoms with Gasteiger partial charge in [0.15, 0.2) is 5.69 Å². The van der Waals surface area contributed by atoms with E-state index in [2.05, 4.69) is 14.1 Å². The molecule has 0 aromatic carbocycles. The van der Waals surface area contributed by atoms with E-state index in [1.54, 1.807) is 0 Å². The summed E-state index contributed by atoms with van der Waals surface area (Å²) >= 11 is 1.08. The van der Waals surface area contributed by atoms with Crippen molar-refractivity contribution in [3.63, 3.8) is 0 Å². The van der Waals surface area contributed by atoms with Gasteiger partial charge in [-0.1, -0.05) is 0 Å². The number of amides is 1. The summed E-state index contributed by atoms with van der Waals surface area (Å²) < 4.78 is 7.81. The molecule has 1 aromatic rings. The van der Waals surface area contributed by atoms with E-state index in [1.807, 2.05) is 11.9 Å². The fourth-order valence-corrected chi connectivity index (χ4v) is 2.23. The monoisotopic (exact) mass is 226 g/mol. The van der Waals surface area contributed by atoms with Crippen LogP contribution in [-0.2, 0) is 0 Å². The number of nitrogens with zero attached hydrogens (tertiary/aromatic N) is 3. The Morgan fingerprint density at radius 3 is 3.27 bits per heavy atom. The minimum Gasteiger partial charge on any atom is -0.336 e. The van der Waals surface area contributed by atoms with Crippen molar-refractivity contribution in [2.24, 2.45) is 0 Å². The molecule has 0 spiro atoms. The van der Waals surface area contributed by atoms with Gasteiger partial charge < -0.3 is 10.2 Å². The van der Waals surface area contributed by atoms with Crippen molar-refractivity contribution >= 4 is 17.6 Å². The van der Waals surface area contributed by atoms with Crippen LogP contribution in [0, 0.1) is 0 Å². The lowest BCUT2D eigenvalue weighted by Gasteiger charge is -2.31.